The van der Waals surface area contributed by atoms with Crippen LogP contribution < -0.4 is 11.5 Å². The zero-order valence-corrected chi connectivity index (χ0v) is 9.81. The maximum absolute atomic E-state index is 9.78. The van der Waals surface area contributed by atoms with Gasteiger partial charge in [0.25, 0.3) is 0 Å². The van der Waals surface area contributed by atoms with Crippen molar-refractivity contribution < 1.29 is 5.11 Å². The van der Waals surface area contributed by atoms with Crippen LogP contribution in [0, 0.1) is 11.3 Å². The van der Waals surface area contributed by atoms with Crippen LogP contribution in [0.5, 0.6) is 5.75 Å². The number of benzene rings is 1. The number of rotatable bonds is 1. The molecule has 0 saturated carbocycles. The number of anilines is 2. The van der Waals surface area contributed by atoms with Crippen LogP contribution in [0.25, 0.3) is 11.3 Å². The Bertz CT molecular complexity index is 665. The van der Waals surface area contributed by atoms with Gasteiger partial charge in [-0.25, -0.2) is 4.98 Å². The topological polar surface area (TPSA) is 122 Å². The smallest absolute Gasteiger partial charge is 0.222 e. The molecule has 0 unspecified atom stereocenters. The molecule has 0 aliphatic rings. The summed E-state index contributed by atoms with van der Waals surface area (Å²) in [7, 11) is 0. The van der Waals surface area contributed by atoms with Gasteiger partial charge in [0.15, 0.2) is 0 Å². The summed E-state index contributed by atoms with van der Waals surface area (Å²) < 4.78 is 0. The Kier molecular flexibility index (Phi) is 2.92. The monoisotopic (exact) mass is 261 g/mol. The van der Waals surface area contributed by atoms with Crippen LogP contribution in [0.3, 0.4) is 0 Å². The van der Waals surface area contributed by atoms with E-state index in [1.165, 1.54) is 18.2 Å². The van der Waals surface area contributed by atoms with Crippen molar-refractivity contribution >= 4 is 23.4 Å². The van der Waals surface area contributed by atoms with E-state index in [2.05, 4.69) is 9.97 Å². The van der Waals surface area contributed by atoms with Gasteiger partial charge in [0.05, 0.1) is 5.69 Å². The van der Waals surface area contributed by atoms with Crippen LogP contribution in [0.1, 0.15) is 5.56 Å². The summed E-state index contributed by atoms with van der Waals surface area (Å²) in [6.07, 6.45) is 0. The highest BCUT2D eigenvalue weighted by atomic mass is 35.5. The molecule has 2 rings (SSSR count). The lowest BCUT2D eigenvalue weighted by molar-refractivity contribution is 0.477. The number of nitrogen functional groups attached to an aromatic ring is 2. The first-order valence-corrected chi connectivity index (χ1v) is 5.22. The van der Waals surface area contributed by atoms with Gasteiger partial charge in [-0.1, -0.05) is 11.6 Å². The van der Waals surface area contributed by atoms with Crippen LogP contribution in [-0.4, -0.2) is 15.1 Å². The molecule has 90 valence electrons. The Morgan fingerprint density at radius 3 is 2.67 bits per heavy atom. The van der Waals surface area contributed by atoms with E-state index in [0.717, 1.165) is 0 Å². The second-order valence-corrected chi connectivity index (χ2v) is 3.90. The van der Waals surface area contributed by atoms with Gasteiger partial charge < -0.3 is 16.6 Å². The van der Waals surface area contributed by atoms with Crippen LogP contribution in [0.4, 0.5) is 11.8 Å². The molecule has 0 spiro atoms. The number of aromatic hydroxyl groups is 1. The zero-order chi connectivity index (χ0) is 13.3. The van der Waals surface area contributed by atoms with E-state index in [1.54, 1.807) is 0 Å². The van der Waals surface area contributed by atoms with E-state index >= 15 is 0 Å². The predicted molar refractivity (Wildman–Crippen MR) is 67.7 cm³/mol. The van der Waals surface area contributed by atoms with Crippen molar-refractivity contribution in [2.45, 2.75) is 0 Å². The van der Waals surface area contributed by atoms with E-state index in [-0.39, 0.29) is 34.3 Å². The molecule has 1 heterocycles. The van der Waals surface area contributed by atoms with Gasteiger partial charge in [-0.3, -0.25) is 0 Å². The number of hydrogen-bond donors (Lipinski definition) is 3. The first-order valence-electron chi connectivity index (χ1n) is 4.85. The van der Waals surface area contributed by atoms with Gasteiger partial charge in [-0.2, -0.15) is 10.2 Å². The minimum absolute atomic E-state index is 0.0422. The zero-order valence-electron chi connectivity index (χ0n) is 9.05. The molecule has 0 fully saturated rings. The minimum Gasteiger partial charge on any atom is -0.507 e. The maximum Gasteiger partial charge on any atom is 0.222 e. The minimum atomic E-state index is -0.0825. The molecular weight excluding hydrogens is 254 g/mol. The number of phenols is 1. The summed E-state index contributed by atoms with van der Waals surface area (Å²) in [6.45, 7) is 0. The van der Waals surface area contributed by atoms with Crippen molar-refractivity contribution in [2.75, 3.05) is 11.5 Å². The highest BCUT2D eigenvalue weighted by Gasteiger charge is 2.16. The molecule has 7 heteroatoms. The van der Waals surface area contributed by atoms with Gasteiger partial charge in [0.1, 0.15) is 23.2 Å². The first-order chi connectivity index (χ1) is 8.52. The quantitative estimate of drug-likeness (QED) is 0.716. The van der Waals surface area contributed by atoms with E-state index in [1.807, 2.05) is 6.07 Å². The van der Waals surface area contributed by atoms with Crippen molar-refractivity contribution in [3.63, 3.8) is 0 Å². The molecule has 0 aliphatic heterocycles. The molecule has 2 aromatic rings. The Morgan fingerprint density at radius 1 is 1.28 bits per heavy atom. The second-order valence-electron chi connectivity index (χ2n) is 3.46. The standard InChI is InChI=1S/C11H8ClN5O/c12-5-1-2-8(18)6(3-5)9-7(4-13)10(14)17-11(15)16-9/h1-3,18H,(H4,14,15,16,17). The van der Waals surface area contributed by atoms with Gasteiger partial charge >= 0.3 is 0 Å². The van der Waals surface area contributed by atoms with Crippen LogP contribution in [0.2, 0.25) is 5.02 Å². The third kappa shape index (κ3) is 1.99. The molecule has 18 heavy (non-hydrogen) atoms. The van der Waals surface area contributed by atoms with Crippen molar-refractivity contribution in [2.24, 2.45) is 0 Å². The molecule has 6 nitrogen and oxygen atoms in total. The lowest BCUT2D eigenvalue weighted by Crippen LogP contribution is -2.05. The van der Waals surface area contributed by atoms with Crippen molar-refractivity contribution in [3.05, 3.63) is 28.8 Å². The van der Waals surface area contributed by atoms with E-state index in [0.29, 0.717) is 5.02 Å². The number of halogens is 1. The summed E-state index contributed by atoms with van der Waals surface area (Å²) in [6, 6.07) is 6.26. The molecule has 1 aromatic heterocycles. The van der Waals surface area contributed by atoms with E-state index in [4.69, 9.17) is 28.3 Å². The van der Waals surface area contributed by atoms with E-state index < -0.39 is 0 Å². The van der Waals surface area contributed by atoms with Gasteiger partial charge in [-0.15, -0.1) is 0 Å². The summed E-state index contributed by atoms with van der Waals surface area (Å²) in [4.78, 5) is 7.61. The molecular formula is C11H8ClN5O. The van der Waals surface area contributed by atoms with Gasteiger partial charge in [0, 0.05) is 10.6 Å². The molecule has 5 N–H and O–H groups in total. The van der Waals surface area contributed by atoms with E-state index in [9.17, 15) is 5.11 Å². The number of phenolic OH excluding ortho intramolecular Hbond substituents is 1. The average molecular weight is 262 g/mol. The molecule has 0 atom stereocenters. The Hall–Kier alpha value is -2.52. The first kappa shape index (κ1) is 12.0. The lowest BCUT2D eigenvalue weighted by atomic mass is 10.1. The number of nitrogens with zero attached hydrogens (tertiary/aromatic N) is 3. The largest absolute Gasteiger partial charge is 0.507 e. The predicted octanol–water partition coefficient (Wildman–Crippen LogP) is 1.54. The maximum atomic E-state index is 9.78. The molecule has 0 aliphatic carbocycles. The highest BCUT2D eigenvalue weighted by Crippen LogP contribution is 2.33. The fourth-order valence-corrected chi connectivity index (χ4v) is 1.67. The van der Waals surface area contributed by atoms with Crippen molar-refractivity contribution in [1.29, 1.82) is 5.26 Å². The van der Waals surface area contributed by atoms with Crippen LogP contribution >= 0.6 is 11.6 Å². The highest BCUT2D eigenvalue weighted by molar-refractivity contribution is 6.31. The van der Waals surface area contributed by atoms with Crippen LogP contribution in [0.15, 0.2) is 18.2 Å². The third-order valence-corrected chi connectivity index (χ3v) is 2.51. The number of nitrogens with two attached hydrogens (primary N) is 2. The Balaban J connectivity index is 2.78. The Morgan fingerprint density at radius 2 is 2.00 bits per heavy atom. The third-order valence-electron chi connectivity index (χ3n) is 2.28. The summed E-state index contributed by atoms with van der Waals surface area (Å²) >= 11 is 5.84. The fraction of sp³-hybridized carbons (Fsp3) is 0. The van der Waals surface area contributed by atoms with Gasteiger partial charge in [0.2, 0.25) is 5.95 Å². The molecule has 0 bridgehead atoms. The Labute approximate surface area is 107 Å². The summed E-state index contributed by atoms with van der Waals surface area (Å²) in [5, 5.41) is 19.2. The summed E-state index contributed by atoms with van der Waals surface area (Å²) in [5.41, 5.74) is 11.5. The average Bonchev–Trinajstić information content (AvgIpc) is 2.31. The molecule has 0 amide bonds. The van der Waals surface area contributed by atoms with Crippen molar-refractivity contribution in [3.8, 4) is 23.1 Å². The van der Waals surface area contributed by atoms with Crippen LogP contribution in [-0.2, 0) is 0 Å². The number of aromatic nitrogens is 2. The summed E-state index contributed by atoms with van der Waals surface area (Å²) in [5.74, 6) is -0.200. The molecule has 0 radical (unpaired) electrons. The fourth-order valence-electron chi connectivity index (χ4n) is 1.50. The molecule has 0 saturated heterocycles. The van der Waals surface area contributed by atoms with Gasteiger partial charge in [-0.05, 0) is 18.2 Å². The normalized spacial score (nSPS) is 10.0. The second kappa shape index (κ2) is 4.39. The number of nitriles is 1. The SMILES string of the molecule is N#Cc1c(N)nc(N)nc1-c1cc(Cl)ccc1O. The lowest BCUT2D eigenvalue weighted by Gasteiger charge is -2.08. The number of hydrogen-bond acceptors (Lipinski definition) is 6. The van der Waals surface area contributed by atoms with Crippen molar-refractivity contribution in [1.82, 2.24) is 9.97 Å². The molecule has 1 aromatic carbocycles.